The number of nitrogens with zero attached hydrogens (tertiary/aromatic N) is 3. The summed E-state index contributed by atoms with van der Waals surface area (Å²) in [4.78, 5) is 29.2. The maximum Gasteiger partial charge on any atom is 0.277 e. The third kappa shape index (κ3) is 3.59. The lowest BCUT2D eigenvalue weighted by Gasteiger charge is -2.43. The van der Waals surface area contributed by atoms with E-state index in [9.17, 15) is 9.59 Å². The van der Waals surface area contributed by atoms with Crippen LogP contribution < -0.4 is 10.2 Å². The van der Waals surface area contributed by atoms with Crippen LogP contribution >= 0.6 is 0 Å². The van der Waals surface area contributed by atoms with Gasteiger partial charge in [-0.2, -0.15) is 5.10 Å². The molecule has 172 valence electrons. The summed E-state index contributed by atoms with van der Waals surface area (Å²) in [5, 5.41) is 7.66. The molecule has 2 amide bonds. The van der Waals surface area contributed by atoms with E-state index in [4.69, 9.17) is 4.42 Å². The lowest BCUT2D eigenvalue weighted by molar-refractivity contribution is -0.126. The van der Waals surface area contributed by atoms with Crippen LogP contribution in [0, 0.1) is 13.8 Å². The number of carbonyl (C=O) groups excluding carboxylic acids is 2. The van der Waals surface area contributed by atoms with Crippen molar-refractivity contribution in [1.82, 2.24) is 15.1 Å². The quantitative estimate of drug-likeness (QED) is 0.482. The first-order valence-corrected chi connectivity index (χ1v) is 11.2. The van der Waals surface area contributed by atoms with Gasteiger partial charge < -0.3 is 9.73 Å². The van der Waals surface area contributed by atoms with Gasteiger partial charge in [-0.3, -0.25) is 19.2 Å². The van der Waals surface area contributed by atoms with Crippen LogP contribution in [0.3, 0.4) is 0 Å². The molecule has 1 atom stereocenters. The number of hydrogen-bond acceptors (Lipinski definition) is 4. The molecule has 0 bridgehead atoms. The number of rotatable bonds is 5. The molecule has 0 aliphatic carbocycles. The Morgan fingerprint density at radius 1 is 1.06 bits per heavy atom. The SMILES string of the molecule is Cc1ccccc1CNC(=O)[C@]1(C)Cn2nc(-c3ccco3)cc2C(=O)N1c1ccccc1C. The molecule has 3 heterocycles. The maximum absolute atomic E-state index is 13.9. The Kier molecular flexibility index (Phi) is 5.32. The van der Waals surface area contributed by atoms with Gasteiger partial charge in [-0.25, -0.2) is 0 Å². The number of nitrogens with one attached hydrogen (secondary N) is 1. The van der Waals surface area contributed by atoms with Crippen molar-refractivity contribution in [2.75, 3.05) is 4.90 Å². The van der Waals surface area contributed by atoms with Gasteiger partial charge in [0.25, 0.3) is 5.91 Å². The first-order chi connectivity index (χ1) is 16.4. The third-order valence-corrected chi connectivity index (χ3v) is 6.47. The van der Waals surface area contributed by atoms with Crippen LogP contribution in [0.5, 0.6) is 0 Å². The Balaban J connectivity index is 1.55. The number of furan rings is 1. The number of fused-ring (bicyclic) bond motifs is 1. The van der Waals surface area contributed by atoms with Crippen molar-refractivity contribution in [2.24, 2.45) is 0 Å². The van der Waals surface area contributed by atoms with Gasteiger partial charge >= 0.3 is 0 Å². The van der Waals surface area contributed by atoms with E-state index in [2.05, 4.69) is 10.4 Å². The molecule has 2 aromatic carbocycles. The molecular formula is C27H26N4O3. The fourth-order valence-corrected chi connectivity index (χ4v) is 4.49. The Labute approximate surface area is 198 Å². The van der Waals surface area contributed by atoms with Crippen molar-refractivity contribution in [1.29, 1.82) is 0 Å². The van der Waals surface area contributed by atoms with Gasteiger partial charge in [-0.15, -0.1) is 0 Å². The predicted octanol–water partition coefficient (Wildman–Crippen LogP) is 4.50. The van der Waals surface area contributed by atoms with E-state index in [1.54, 1.807) is 41.0 Å². The predicted molar refractivity (Wildman–Crippen MR) is 129 cm³/mol. The van der Waals surface area contributed by atoms with Crippen molar-refractivity contribution in [3.05, 3.63) is 95.4 Å². The lowest BCUT2D eigenvalue weighted by atomic mass is 9.93. The highest BCUT2D eigenvalue weighted by atomic mass is 16.3. The van der Waals surface area contributed by atoms with Gasteiger partial charge in [0.1, 0.15) is 16.9 Å². The van der Waals surface area contributed by atoms with Crippen molar-refractivity contribution in [2.45, 2.75) is 39.4 Å². The van der Waals surface area contributed by atoms with Crippen LogP contribution in [-0.2, 0) is 17.9 Å². The molecule has 0 fully saturated rings. The van der Waals surface area contributed by atoms with Gasteiger partial charge in [0.15, 0.2) is 5.76 Å². The number of amides is 2. The second kappa shape index (κ2) is 8.33. The Morgan fingerprint density at radius 2 is 1.79 bits per heavy atom. The zero-order valence-corrected chi connectivity index (χ0v) is 19.4. The molecule has 4 aromatic rings. The van der Waals surface area contributed by atoms with Gasteiger partial charge in [0.05, 0.1) is 12.8 Å². The van der Waals surface area contributed by atoms with Crippen LogP contribution in [-0.4, -0.2) is 27.1 Å². The molecule has 5 rings (SSSR count). The second-order valence-electron chi connectivity index (χ2n) is 8.86. The monoisotopic (exact) mass is 454 g/mol. The number of aryl methyl sites for hydroxylation is 2. The van der Waals surface area contributed by atoms with Crippen LogP contribution in [0.25, 0.3) is 11.5 Å². The van der Waals surface area contributed by atoms with Crippen molar-refractivity contribution < 1.29 is 14.0 Å². The molecule has 1 aliphatic heterocycles. The number of para-hydroxylation sites is 1. The molecule has 2 aromatic heterocycles. The number of benzene rings is 2. The molecule has 7 heteroatoms. The van der Waals surface area contributed by atoms with Crippen LogP contribution in [0.4, 0.5) is 5.69 Å². The molecule has 1 aliphatic rings. The summed E-state index contributed by atoms with van der Waals surface area (Å²) < 4.78 is 7.09. The van der Waals surface area contributed by atoms with Crippen molar-refractivity contribution in [3.8, 4) is 11.5 Å². The van der Waals surface area contributed by atoms with E-state index in [0.717, 1.165) is 16.7 Å². The summed E-state index contributed by atoms with van der Waals surface area (Å²) in [7, 11) is 0. The highest BCUT2D eigenvalue weighted by Gasteiger charge is 2.49. The second-order valence-corrected chi connectivity index (χ2v) is 8.86. The normalized spacial score (nSPS) is 17.5. The molecule has 34 heavy (non-hydrogen) atoms. The van der Waals surface area contributed by atoms with Crippen LogP contribution in [0.1, 0.15) is 34.1 Å². The van der Waals surface area contributed by atoms with Crippen molar-refractivity contribution in [3.63, 3.8) is 0 Å². The summed E-state index contributed by atoms with van der Waals surface area (Å²) in [6, 6.07) is 20.8. The molecule has 0 spiro atoms. The smallest absolute Gasteiger partial charge is 0.277 e. The number of anilines is 1. The fourth-order valence-electron chi connectivity index (χ4n) is 4.49. The van der Waals surface area contributed by atoms with E-state index in [1.165, 1.54) is 0 Å². The van der Waals surface area contributed by atoms with Crippen LogP contribution in [0.2, 0.25) is 0 Å². The molecule has 7 nitrogen and oxygen atoms in total. The fraction of sp³-hybridized carbons (Fsp3) is 0.222. The topological polar surface area (TPSA) is 80.4 Å². The van der Waals surface area contributed by atoms with Gasteiger partial charge in [-0.05, 0) is 55.7 Å². The Hall–Kier alpha value is -4.13. The average Bonchev–Trinajstić information content (AvgIpc) is 3.49. The minimum atomic E-state index is -1.19. The summed E-state index contributed by atoms with van der Waals surface area (Å²) in [5.74, 6) is 0.0512. The van der Waals surface area contributed by atoms with E-state index in [1.807, 2.05) is 62.4 Å². The number of hydrogen-bond donors (Lipinski definition) is 1. The number of aromatic nitrogens is 2. The summed E-state index contributed by atoms with van der Waals surface area (Å²) in [5.41, 5.74) is 3.53. The Morgan fingerprint density at radius 3 is 2.50 bits per heavy atom. The molecule has 1 N–H and O–H groups in total. The summed E-state index contributed by atoms with van der Waals surface area (Å²) >= 11 is 0. The van der Waals surface area contributed by atoms with E-state index in [0.29, 0.717) is 29.4 Å². The van der Waals surface area contributed by atoms with Crippen LogP contribution in [0.15, 0.2) is 77.4 Å². The first-order valence-electron chi connectivity index (χ1n) is 11.2. The zero-order chi connectivity index (χ0) is 23.9. The third-order valence-electron chi connectivity index (χ3n) is 6.47. The maximum atomic E-state index is 13.9. The van der Waals surface area contributed by atoms with E-state index < -0.39 is 5.54 Å². The minimum absolute atomic E-state index is 0.211. The average molecular weight is 455 g/mol. The van der Waals surface area contributed by atoms with Gasteiger partial charge in [-0.1, -0.05) is 42.5 Å². The first kappa shape index (κ1) is 21.7. The molecule has 0 unspecified atom stereocenters. The molecule has 0 radical (unpaired) electrons. The van der Waals surface area contributed by atoms with Gasteiger partial charge in [0, 0.05) is 18.3 Å². The summed E-state index contributed by atoms with van der Waals surface area (Å²) in [6.45, 7) is 6.33. The highest BCUT2D eigenvalue weighted by molar-refractivity contribution is 6.12. The largest absolute Gasteiger partial charge is 0.463 e. The zero-order valence-electron chi connectivity index (χ0n) is 19.4. The summed E-state index contributed by atoms with van der Waals surface area (Å²) in [6.07, 6.45) is 1.57. The molecule has 0 saturated heterocycles. The number of carbonyl (C=O) groups is 2. The Bertz CT molecular complexity index is 1370. The van der Waals surface area contributed by atoms with E-state index in [-0.39, 0.29) is 18.4 Å². The highest BCUT2D eigenvalue weighted by Crippen LogP contribution is 2.35. The van der Waals surface area contributed by atoms with E-state index >= 15 is 0 Å². The lowest BCUT2D eigenvalue weighted by Crippen LogP contribution is -2.64. The standard InChI is InChI=1S/C27H26N4O3/c1-18-9-4-6-11-20(18)16-28-26(33)27(3)17-30-23(15-21(29-30)24-13-8-14-34-24)25(32)31(27)22-12-7-5-10-19(22)2/h4-15H,16-17H2,1-3H3,(H,28,33)/t27-/m0/s1. The minimum Gasteiger partial charge on any atom is -0.463 e. The molecular weight excluding hydrogens is 428 g/mol. The van der Waals surface area contributed by atoms with Crippen molar-refractivity contribution >= 4 is 17.5 Å². The molecule has 0 saturated carbocycles. The van der Waals surface area contributed by atoms with Gasteiger partial charge in [0.2, 0.25) is 5.91 Å².